The van der Waals surface area contributed by atoms with Gasteiger partial charge in [-0.05, 0) is 30.7 Å². The highest BCUT2D eigenvalue weighted by Crippen LogP contribution is 2.24. The molecule has 1 aliphatic heterocycles. The van der Waals surface area contributed by atoms with Gasteiger partial charge in [0, 0.05) is 16.6 Å². The SMILES string of the molecule is O=C(N[C@@H]1CCS(=O)(=O)C1)[C@@H](Oc1ccc(Cl)cc1)c1ccccc1. The Hall–Kier alpha value is -2.05. The lowest BCUT2D eigenvalue weighted by atomic mass is 10.1. The number of carbonyl (C=O) groups excluding carboxylic acids is 1. The first kappa shape index (κ1) is 17.8. The van der Waals surface area contributed by atoms with Gasteiger partial charge in [0.25, 0.3) is 5.91 Å². The van der Waals surface area contributed by atoms with E-state index < -0.39 is 15.9 Å². The number of halogens is 1. The third-order valence-electron chi connectivity index (χ3n) is 3.99. The molecule has 0 aromatic heterocycles. The first-order chi connectivity index (χ1) is 11.9. The van der Waals surface area contributed by atoms with Gasteiger partial charge in [0.15, 0.2) is 9.84 Å². The van der Waals surface area contributed by atoms with E-state index in [1.165, 1.54) is 0 Å². The molecule has 1 saturated heterocycles. The summed E-state index contributed by atoms with van der Waals surface area (Å²) in [5, 5.41) is 3.37. The van der Waals surface area contributed by atoms with E-state index in [0.29, 0.717) is 22.8 Å². The van der Waals surface area contributed by atoms with Gasteiger partial charge in [0.05, 0.1) is 11.5 Å². The fraction of sp³-hybridized carbons (Fsp3) is 0.278. The number of carbonyl (C=O) groups is 1. The van der Waals surface area contributed by atoms with Gasteiger partial charge >= 0.3 is 0 Å². The van der Waals surface area contributed by atoms with Crippen molar-refractivity contribution in [2.75, 3.05) is 11.5 Å². The maximum atomic E-state index is 12.7. The molecule has 1 aliphatic rings. The Labute approximate surface area is 151 Å². The smallest absolute Gasteiger partial charge is 0.266 e. The van der Waals surface area contributed by atoms with Crippen LogP contribution >= 0.6 is 11.6 Å². The number of hydrogen-bond acceptors (Lipinski definition) is 4. The standard InChI is InChI=1S/C18H18ClNO4S/c19-14-6-8-16(9-7-14)24-17(13-4-2-1-3-5-13)18(21)20-15-10-11-25(22,23)12-15/h1-9,15,17H,10-12H2,(H,20,21)/t15-,17+/m1/s1. The van der Waals surface area contributed by atoms with E-state index in [-0.39, 0.29) is 23.5 Å². The Morgan fingerprint density at radius 1 is 1.12 bits per heavy atom. The lowest BCUT2D eigenvalue weighted by Gasteiger charge is -2.21. The van der Waals surface area contributed by atoms with Crippen molar-refractivity contribution in [3.05, 3.63) is 65.2 Å². The molecule has 2 atom stereocenters. The molecule has 0 spiro atoms. The van der Waals surface area contributed by atoms with Crippen LogP contribution in [0.5, 0.6) is 5.75 Å². The Kier molecular flexibility index (Phi) is 5.30. The lowest BCUT2D eigenvalue weighted by Crippen LogP contribution is -2.40. The zero-order chi connectivity index (χ0) is 17.9. The van der Waals surface area contributed by atoms with Crippen molar-refractivity contribution in [1.82, 2.24) is 5.32 Å². The van der Waals surface area contributed by atoms with Crippen LogP contribution in [0.1, 0.15) is 18.1 Å². The summed E-state index contributed by atoms with van der Waals surface area (Å²) in [5.41, 5.74) is 0.691. The Balaban J connectivity index is 1.78. The van der Waals surface area contributed by atoms with E-state index in [0.717, 1.165) is 0 Å². The molecule has 0 radical (unpaired) electrons. The van der Waals surface area contributed by atoms with Crippen LogP contribution < -0.4 is 10.1 Å². The zero-order valence-corrected chi connectivity index (χ0v) is 15.0. The Morgan fingerprint density at radius 2 is 1.80 bits per heavy atom. The van der Waals surface area contributed by atoms with E-state index in [4.69, 9.17) is 16.3 Å². The van der Waals surface area contributed by atoms with Crippen LogP contribution in [0.25, 0.3) is 0 Å². The normalized spacial score (nSPS) is 20.0. The summed E-state index contributed by atoms with van der Waals surface area (Å²) in [7, 11) is -3.07. The van der Waals surface area contributed by atoms with Crippen molar-refractivity contribution in [2.45, 2.75) is 18.6 Å². The van der Waals surface area contributed by atoms with Crippen molar-refractivity contribution in [3.8, 4) is 5.75 Å². The van der Waals surface area contributed by atoms with Crippen LogP contribution in [0.4, 0.5) is 0 Å². The quantitative estimate of drug-likeness (QED) is 0.867. The van der Waals surface area contributed by atoms with Crippen LogP contribution in [0, 0.1) is 0 Å². The summed E-state index contributed by atoms with van der Waals surface area (Å²) >= 11 is 5.88. The fourth-order valence-corrected chi connectivity index (χ4v) is 4.54. The number of rotatable bonds is 5. The zero-order valence-electron chi connectivity index (χ0n) is 13.4. The molecule has 0 bridgehead atoms. The minimum Gasteiger partial charge on any atom is -0.476 e. The number of amides is 1. The monoisotopic (exact) mass is 379 g/mol. The molecule has 5 nitrogen and oxygen atoms in total. The highest BCUT2D eigenvalue weighted by atomic mass is 35.5. The minimum absolute atomic E-state index is 0.0266. The highest BCUT2D eigenvalue weighted by Gasteiger charge is 2.32. The largest absolute Gasteiger partial charge is 0.476 e. The summed E-state index contributed by atoms with van der Waals surface area (Å²) in [6, 6.07) is 15.4. The van der Waals surface area contributed by atoms with E-state index in [2.05, 4.69) is 5.32 Å². The van der Waals surface area contributed by atoms with E-state index in [9.17, 15) is 13.2 Å². The average Bonchev–Trinajstić information content (AvgIpc) is 2.93. The Bertz CT molecular complexity index is 837. The van der Waals surface area contributed by atoms with Gasteiger partial charge in [-0.2, -0.15) is 0 Å². The number of ether oxygens (including phenoxy) is 1. The number of nitrogens with one attached hydrogen (secondary N) is 1. The van der Waals surface area contributed by atoms with Gasteiger partial charge in [0.2, 0.25) is 6.10 Å². The van der Waals surface area contributed by atoms with Crippen molar-refractivity contribution < 1.29 is 17.9 Å². The van der Waals surface area contributed by atoms with Gasteiger partial charge in [-0.15, -0.1) is 0 Å². The summed E-state index contributed by atoms with van der Waals surface area (Å²) in [6.07, 6.45) is -0.443. The summed E-state index contributed by atoms with van der Waals surface area (Å²) in [6.45, 7) is 0. The molecular formula is C18H18ClNO4S. The molecule has 2 aromatic rings. The molecule has 0 aliphatic carbocycles. The summed E-state index contributed by atoms with van der Waals surface area (Å²) < 4.78 is 29.0. The number of benzene rings is 2. The third kappa shape index (κ3) is 4.74. The van der Waals surface area contributed by atoms with E-state index in [1.54, 1.807) is 36.4 Å². The minimum atomic E-state index is -3.07. The Morgan fingerprint density at radius 3 is 2.40 bits per heavy atom. The molecule has 2 aromatic carbocycles. The second kappa shape index (κ2) is 7.45. The highest BCUT2D eigenvalue weighted by molar-refractivity contribution is 7.91. The molecule has 1 N–H and O–H groups in total. The second-order valence-electron chi connectivity index (χ2n) is 5.97. The molecule has 7 heteroatoms. The van der Waals surface area contributed by atoms with Gasteiger partial charge in [-0.25, -0.2) is 8.42 Å². The van der Waals surface area contributed by atoms with Gasteiger partial charge in [-0.3, -0.25) is 4.79 Å². The predicted octanol–water partition coefficient (Wildman–Crippen LogP) is 2.76. The van der Waals surface area contributed by atoms with Crippen molar-refractivity contribution >= 4 is 27.3 Å². The first-order valence-corrected chi connectivity index (χ1v) is 10.1. The van der Waals surface area contributed by atoms with Crippen LogP contribution in [-0.2, 0) is 14.6 Å². The van der Waals surface area contributed by atoms with Crippen LogP contribution in [-0.4, -0.2) is 31.9 Å². The molecule has 3 rings (SSSR count). The molecular weight excluding hydrogens is 362 g/mol. The van der Waals surface area contributed by atoms with Crippen molar-refractivity contribution in [1.29, 1.82) is 0 Å². The summed E-state index contributed by atoms with van der Waals surface area (Å²) in [5.74, 6) is 0.225. The molecule has 0 unspecified atom stereocenters. The molecule has 1 amide bonds. The maximum absolute atomic E-state index is 12.7. The second-order valence-corrected chi connectivity index (χ2v) is 8.64. The average molecular weight is 380 g/mol. The van der Waals surface area contributed by atoms with E-state index in [1.807, 2.05) is 18.2 Å². The molecule has 0 saturated carbocycles. The van der Waals surface area contributed by atoms with Gasteiger partial charge < -0.3 is 10.1 Å². The van der Waals surface area contributed by atoms with Crippen molar-refractivity contribution in [2.24, 2.45) is 0 Å². The van der Waals surface area contributed by atoms with Gasteiger partial charge in [0.1, 0.15) is 5.75 Å². The topological polar surface area (TPSA) is 72.5 Å². The van der Waals surface area contributed by atoms with Crippen molar-refractivity contribution in [3.63, 3.8) is 0 Å². The fourth-order valence-electron chi connectivity index (χ4n) is 2.74. The van der Waals surface area contributed by atoms with Crippen LogP contribution in [0.3, 0.4) is 0 Å². The maximum Gasteiger partial charge on any atom is 0.266 e. The van der Waals surface area contributed by atoms with Crippen LogP contribution in [0.2, 0.25) is 5.02 Å². The summed E-state index contributed by atoms with van der Waals surface area (Å²) in [4.78, 5) is 12.7. The first-order valence-electron chi connectivity index (χ1n) is 7.91. The molecule has 1 fully saturated rings. The third-order valence-corrected chi connectivity index (χ3v) is 6.01. The molecule has 25 heavy (non-hydrogen) atoms. The van der Waals surface area contributed by atoms with E-state index >= 15 is 0 Å². The molecule has 132 valence electrons. The number of sulfone groups is 1. The predicted molar refractivity (Wildman–Crippen MR) is 96.5 cm³/mol. The number of hydrogen-bond donors (Lipinski definition) is 1. The van der Waals surface area contributed by atoms with Gasteiger partial charge in [-0.1, -0.05) is 41.9 Å². The van der Waals surface area contributed by atoms with Crippen LogP contribution in [0.15, 0.2) is 54.6 Å². The lowest BCUT2D eigenvalue weighted by molar-refractivity contribution is -0.128. The molecule has 1 heterocycles.